The zero-order chi connectivity index (χ0) is 18.0. The van der Waals surface area contributed by atoms with E-state index in [1.165, 1.54) is 104 Å². The van der Waals surface area contributed by atoms with Crippen molar-refractivity contribution in [2.75, 3.05) is 52.4 Å². The Bertz CT molecular complexity index is 431. The molecule has 1 spiro atoms. The van der Waals surface area contributed by atoms with Crippen LogP contribution in [0.3, 0.4) is 0 Å². The van der Waals surface area contributed by atoms with Crippen LogP contribution in [0.25, 0.3) is 0 Å². The predicted octanol–water partition coefficient (Wildman–Crippen LogP) is 3.79. The van der Waals surface area contributed by atoms with Crippen LogP contribution in [0, 0.1) is 11.3 Å². The topological polar surface area (TPSA) is 19.0 Å². The zero-order valence-corrected chi connectivity index (χ0v) is 18.8. The van der Waals surface area contributed by atoms with Crippen molar-refractivity contribution in [1.82, 2.24) is 12.9 Å². The number of hydrogen-bond donors (Lipinski definition) is 0. The first-order valence-corrected chi connectivity index (χ1v) is 12.1. The van der Waals surface area contributed by atoms with Crippen molar-refractivity contribution in [3.63, 3.8) is 0 Å². The standard InChI is InChI=1S/C21H38IN3O/c1-2-23-16-21(17-23)9-13-24(14-10-21)15-18-3-5-19(6-4-18)26-20-7-11-25(22)12-8-20/h18-20H,2-17H2,1H3/t18-,19-. The van der Waals surface area contributed by atoms with Gasteiger partial charge in [0.25, 0.3) is 0 Å². The van der Waals surface area contributed by atoms with E-state index < -0.39 is 0 Å². The molecular weight excluding hydrogens is 437 g/mol. The maximum atomic E-state index is 6.44. The van der Waals surface area contributed by atoms with Gasteiger partial charge in [-0.15, -0.1) is 0 Å². The molecule has 3 aliphatic heterocycles. The van der Waals surface area contributed by atoms with Gasteiger partial charge in [0.05, 0.1) is 12.2 Å². The molecule has 1 saturated carbocycles. The van der Waals surface area contributed by atoms with Crippen molar-refractivity contribution in [3.8, 4) is 0 Å². The maximum Gasteiger partial charge on any atom is 0.0603 e. The molecule has 0 aromatic carbocycles. The van der Waals surface area contributed by atoms with E-state index in [1.807, 2.05) is 0 Å². The Kier molecular flexibility index (Phi) is 6.83. The zero-order valence-electron chi connectivity index (χ0n) is 16.7. The Morgan fingerprint density at radius 1 is 0.846 bits per heavy atom. The number of piperidine rings is 2. The minimum Gasteiger partial charge on any atom is -0.375 e. The van der Waals surface area contributed by atoms with Crippen LogP contribution in [0.1, 0.15) is 58.3 Å². The largest absolute Gasteiger partial charge is 0.375 e. The fourth-order valence-corrected chi connectivity index (χ4v) is 6.26. The predicted molar refractivity (Wildman–Crippen MR) is 116 cm³/mol. The molecule has 4 fully saturated rings. The monoisotopic (exact) mass is 475 g/mol. The molecule has 4 rings (SSSR count). The fourth-order valence-electron chi connectivity index (χ4n) is 5.70. The number of ether oxygens (including phenoxy) is 1. The molecule has 5 heteroatoms. The second kappa shape index (κ2) is 8.93. The molecular formula is C21H38IN3O. The average molecular weight is 475 g/mol. The van der Waals surface area contributed by atoms with Gasteiger partial charge in [0, 0.05) is 55.6 Å². The Morgan fingerprint density at radius 3 is 2.08 bits per heavy atom. The van der Waals surface area contributed by atoms with E-state index in [0.717, 1.165) is 5.92 Å². The second-order valence-electron chi connectivity index (χ2n) is 9.49. The van der Waals surface area contributed by atoms with Crippen LogP contribution in [0.2, 0.25) is 0 Å². The Morgan fingerprint density at radius 2 is 1.46 bits per heavy atom. The number of hydrogen-bond acceptors (Lipinski definition) is 4. The Balaban J connectivity index is 1.12. The summed E-state index contributed by atoms with van der Waals surface area (Å²) in [6, 6.07) is 0. The molecule has 3 heterocycles. The average Bonchev–Trinajstić information content (AvgIpc) is 2.64. The normalized spacial score (nSPS) is 34.8. The summed E-state index contributed by atoms with van der Waals surface area (Å²) < 4.78 is 8.84. The Hall–Kier alpha value is 0.570. The second-order valence-corrected chi connectivity index (χ2v) is 10.9. The fraction of sp³-hybridized carbons (Fsp3) is 1.00. The first kappa shape index (κ1) is 19.9. The van der Waals surface area contributed by atoms with E-state index in [2.05, 4.69) is 42.7 Å². The van der Waals surface area contributed by atoms with E-state index in [1.54, 1.807) is 0 Å². The molecule has 0 aromatic rings. The van der Waals surface area contributed by atoms with Crippen molar-refractivity contribution >= 4 is 22.9 Å². The summed E-state index contributed by atoms with van der Waals surface area (Å²) in [5.74, 6) is 0.925. The van der Waals surface area contributed by atoms with Crippen molar-refractivity contribution in [2.24, 2.45) is 11.3 Å². The lowest BCUT2D eigenvalue weighted by Gasteiger charge is -2.54. The van der Waals surface area contributed by atoms with Crippen molar-refractivity contribution in [1.29, 1.82) is 0 Å². The van der Waals surface area contributed by atoms with Gasteiger partial charge in [-0.2, -0.15) is 0 Å². The van der Waals surface area contributed by atoms with Crippen molar-refractivity contribution in [2.45, 2.75) is 70.5 Å². The SMILES string of the molecule is CCN1CC2(CCN(C[C@H]3CC[C@H](OC4CCN(I)CC4)CC3)CC2)C1. The summed E-state index contributed by atoms with van der Waals surface area (Å²) in [5.41, 5.74) is 0.700. The van der Waals surface area contributed by atoms with E-state index in [9.17, 15) is 0 Å². The lowest BCUT2D eigenvalue weighted by Crippen LogP contribution is -2.60. The third-order valence-electron chi connectivity index (χ3n) is 7.56. The third-order valence-corrected chi connectivity index (χ3v) is 8.53. The highest BCUT2D eigenvalue weighted by Crippen LogP contribution is 2.40. The third kappa shape index (κ3) is 4.94. The molecule has 0 atom stereocenters. The number of nitrogens with zero attached hydrogens (tertiary/aromatic N) is 3. The first-order chi connectivity index (χ1) is 12.6. The molecule has 0 unspecified atom stereocenters. The van der Waals surface area contributed by atoms with Crippen molar-refractivity contribution < 1.29 is 4.74 Å². The molecule has 3 saturated heterocycles. The van der Waals surface area contributed by atoms with E-state index in [-0.39, 0.29) is 0 Å². The smallest absolute Gasteiger partial charge is 0.0603 e. The summed E-state index contributed by atoms with van der Waals surface area (Å²) in [6.07, 6.45) is 11.8. The van der Waals surface area contributed by atoms with Gasteiger partial charge in [0.1, 0.15) is 0 Å². The van der Waals surface area contributed by atoms with Crippen LogP contribution in [0.5, 0.6) is 0 Å². The molecule has 0 amide bonds. The van der Waals surface area contributed by atoms with Gasteiger partial charge >= 0.3 is 0 Å². The van der Waals surface area contributed by atoms with Crippen LogP contribution >= 0.6 is 22.9 Å². The molecule has 0 bridgehead atoms. The maximum absolute atomic E-state index is 6.44. The Labute approximate surface area is 174 Å². The van der Waals surface area contributed by atoms with E-state index in [4.69, 9.17) is 4.74 Å². The number of halogens is 1. The van der Waals surface area contributed by atoms with Crippen LogP contribution in [-0.2, 0) is 4.74 Å². The van der Waals surface area contributed by atoms with Gasteiger partial charge in [-0.3, -0.25) is 0 Å². The highest BCUT2D eigenvalue weighted by atomic mass is 127. The van der Waals surface area contributed by atoms with Gasteiger partial charge in [0.15, 0.2) is 0 Å². The van der Waals surface area contributed by atoms with Gasteiger partial charge < -0.3 is 14.5 Å². The molecule has 4 nitrogen and oxygen atoms in total. The first-order valence-electron chi connectivity index (χ1n) is 11.1. The minimum atomic E-state index is 0.533. The lowest BCUT2D eigenvalue weighted by atomic mass is 9.72. The summed E-state index contributed by atoms with van der Waals surface area (Å²) in [5, 5.41) is 0. The van der Waals surface area contributed by atoms with E-state index >= 15 is 0 Å². The molecule has 0 N–H and O–H groups in total. The highest BCUT2D eigenvalue weighted by Gasteiger charge is 2.44. The quantitative estimate of drug-likeness (QED) is 0.445. The number of rotatable bonds is 5. The minimum absolute atomic E-state index is 0.533. The van der Waals surface area contributed by atoms with Gasteiger partial charge in [-0.25, -0.2) is 3.11 Å². The summed E-state index contributed by atoms with van der Waals surface area (Å²) in [4.78, 5) is 5.39. The summed E-state index contributed by atoms with van der Waals surface area (Å²) in [7, 11) is 0. The molecule has 150 valence electrons. The van der Waals surface area contributed by atoms with Crippen LogP contribution in [0.4, 0.5) is 0 Å². The van der Waals surface area contributed by atoms with Crippen LogP contribution in [-0.4, -0.2) is 77.5 Å². The van der Waals surface area contributed by atoms with Crippen molar-refractivity contribution in [3.05, 3.63) is 0 Å². The van der Waals surface area contributed by atoms with E-state index in [0.29, 0.717) is 17.6 Å². The summed E-state index contributed by atoms with van der Waals surface area (Å²) >= 11 is 2.45. The molecule has 26 heavy (non-hydrogen) atoms. The molecule has 1 aliphatic carbocycles. The molecule has 4 aliphatic rings. The highest BCUT2D eigenvalue weighted by molar-refractivity contribution is 14.1. The van der Waals surface area contributed by atoms with Gasteiger partial charge in [-0.05, 0) is 82.3 Å². The van der Waals surface area contributed by atoms with Crippen LogP contribution < -0.4 is 0 Å². The number of likely N-dealkylation sites (tertiary alicyclic amines) is 2. The lowest BCUT2D eigenvalue weighted by molar-refractivity contribution is -0.0607. The van der Waals surface area contributed by atoms with Crippen LogP contribution in [0.15, 0.2) is 0 Å². The molecule has 0 radical (unpaired) electrons. The van der Waals surface area contributed by atoms with Gasteiger partial charge in [0.2, 0.25) is 0 Å². The summed E-state index contributed by atoms with van der Waals surface area (Å²) in [6.45, 7) is 12.7. The molecule has 0 aromatic heterocycles. The van der Waals surface area contributed by atoms with Gasteiger partial charge in [-0.1, -0.05) is 6.92 Å².